The highest BCUT2D eigenvalue weighted by Crippen LogP contribution is 2.20. The van der Waals surface area contributed by atoms with E-state index in [0.29, 0.717) is 37.0 Å². The number of amides is 9. The van der Waals surface area contributed by atoms with Gasteiger partial charge < -0.3 is 69.3 Å². The maximum Gasteiger partial charge on any atom is 0.326 e. The molecule has 2 heterocycles. The number of carbonyl (C=O) groups excluding carboxylic acids is 9. The largest absolute Gasteiger partial charge is 0.480 e. The van der Waals surface area contributed by atoms with E-state index in [1.165, 1.54) is 42.3 Å². The molecule has 9 atom stereocenters. The van der Waals surface area contributed by atoms with Crippen LogP contribution in [-0.4, -0.2) is 178 Å². The number of nitrogens with zero attached hydrogens (tertiary/aromatic N) is 3. The van der Waals surface area contributed by atoms with E-state index in [1.54, 1.807) is 30.3 Å². The van der Waals surface area contributed by atoms with Crippen LogP contribution < -0.4 is 54.4 Å². The van der Waals surface area contributed by atoms with Crippen LogP contribution in [0, 0.1) is 0 Å². The van der Waals surface area contributed by atoms with Crippen molar-refractivity contribution in [1.82, 2.24) is 47.0 Å². The number of guanidine groups is 1. The zero-order valence-corrected chi connectivity index (χ0v) is 41.7. The average molecular weight is 1020 g/mol. The highest BCUT2D eigenvalue weighted by atomic mass is 32.2. The number of carboxylic acids is 1. The number of hydrogen-bond donors (Lipinski definition) is 12. The molecule has 0 bridgehead atoms. The first kappa shape index (κ1) is 58.2. The number of rotatable bonds is 27. The number of carboxylic acid groups (broad SMARTS) is 1. The number of likely N-dealkylation sites (tertiary alicyclic amines) is 2. The van der Waals surface area contributed by atoms with Crippen LogP contribution in [0.2, 0.25) is 0 Å². The minimum Gasteiger partial charge on any atom is -0.480 e. The van der Waals surface area contributed by atoms with Gasteiger partial charge in [0.1, 0.15) is 48.3 Å². The maximum atomic E-state index is 13.6. The van der Waals surface area contributed by atoms with E-state index in [9.17, 15) is 53.1 Å². The first-order chi connectivity index (χ1) is 33.2. The molecule has 0 unspecified atom stereocenters. The third-order valence-electron chi connectivity index (χ3n) is 11.6. The standard InChI is InChI=1S/C44H69N13O11S2/c1-24(35(59)49-22-34(58)53-30(21-27-11-6-5-7-12-27)39(63)55-31(23-69)42(66)57-19-10-15-33(57)43(67)68)50-38(62)29(13-8-17-48-44(46)47)54-36(60)25(2)51-40(64)32-14-9-18-56(32)41(65)26(3)52-37(61)28(45)16-20-70-4/h5-7,11-12,24-26,28-33,69H,8-10,13-23,45H2,1-4H3,(H,49,59)(H,50,62)(H,51,64)(H,52,61)(H,53,58)(H,54,60)(H,55,63)(H,67,68)(H4,46,47,48)/t24-,25-,26-,28-,29-,30-,31-,32-,33-/m0/s1. The van der Waals surface area contributed by atoms with Crippen molar-refractivity contribution >= 4 is 89.5 Å². The van der Waals surface area contributed by atoms with E-state index in [0.717, 1.165) is 0 Å². The van der Waals surface area contributed by atoms with Crippen molar-refractivity contribution in [2.24, 2.45) is 22.2 Å². The van der Waals surface area contributed by atoms with Crippen molar-refractivity contribution in [3.05, 3.63) is 35.9 Å². The summed E-state index contributed by atoms with van der Waals surface area (Å²) in [6, 6.07) is -1.25. The molecule has 1 aromatic carbocycles. The number of thioether (sulfide) groups is 1. The van der Waals surface area contributed by atoms with Crippen molar-refractivity contribution in [3.63, 3.8) is 0 Å². The quantitative estimate of drug-likeness (QED) is 0.0176. The Kier molecular flexibility index (Phi) is 24.2. The summed E-state index contributed by atoms with van der Waals surface area (Å²) in [6.45, 7) is 4.11. The predicted molar refractivity (Wildman–Crippen MR) is 264 cm³/mol. The molecule has 70 heavy (non-hydrogen) atoms. The summed E-state index contributed by atoms with van der Waals surface area (Å²) in [4.78, 5) is 138. The molecule has 2 aliphatic rings. The van der Waals surface area contributed by atoms with Crippen LogP contribution in [0.5, 0.6) is 0 Å². The molecule has 0 aromatic heterocycles. The lowest BCUT2D eigenvalue weighted by Gasteiger charge is -2.29. The Morgan fingerprint density at radius 1 is 0.729 bits per heavy atom. The van der Waals surface area contributed by atoms with Crippen molar-refractivity contribution in [2.45, 2.75) is 127 Å². The van der Waals surface area contributed by atoms with Gasteiger partial charge in [-0.25, -0.2) is 4.79 Å². The lowest BCUT2D eigenvalue weighted by molar-refractivity contribution is -0.149. The van der Waals surface area contributed by atoms with Crippen molar-refractivity contribution < 1.29 is 53.1 Å². The van der Waals surface area contributed by atoms with E-state index < -0.39 is 120 Å². The fraction of sp³-hybridized carbons (Fsp3) is 0.614. The number of nitrogens with one attached hydrogen (secondary N) is 7. The van der Waals surface area contributed by atoms with Gasteiger partial charge in [-0.2, -0.15) is 24.4 Å². The predicted octanol–water partition coefficient (Wildman–Crippen LogP) is -3.56. The Morgan fingerprint density at radius 2 is 1.31 bits per heavy atom. The zero-order valence-electron chi connectivity index (χ0n) is 39.9. The van der Waals surface area contributed by atoms with E-state index in [4.69, 9.17) is 17.2 Å². The van der Waals surface area contributed by atoms with Gasteiger partial charge in [0.2, 0.25) is 53.2 Å². The summed E-state index contributed by atoms with van der Waals surface area (Å²) in [7, 11) is 0. The van der Waals surface area contributed by atoms with E-state index in [-0.39, 0.29) is 57.0 Å². The Morgan fingerprint density at radius 3 is 1.93 bits per heavy atom. The number of benzene rings is 1. The molecule has 9 amide bonds. The number of thiol groups is 1. The van der Waals surface area contributed by atoms with Gasteiger partial charge in [0.25, 0.3) is 0 Å². The number of aliphatic imine (C=N–C) groups is 1. The molecular weight excluding hydrogens is 951 g/mol. The molecule has 2 fully saturated rings. The first-order valence-corrected chi connectivity index (χ1v) is 25.1. The molecule has 24 nitrogen and oxygen atoms in total. The minimum atomic E-state index is -1.26. The lowest BCUT2D eigenvalue weighted by atomic mass is 10.0. The molecule has 0 spiro atoms. The van der Waals surface area contributed by atoms with Crippen LogP contribution in [-0.2, 0) is 54.4 Å². The van der Waals surface area contributed by atoms with Crippen LogP contribution in [0.25, 0.3) is 0 Å². The minimum absolute atomic E-state index is 0.00999. The number of aliphatic carboxylic acids is 1. The van der Waals surface area contributed by atoms with E-state index in [2.05, 4.69) is 54.8 Å². The fourth-order valence-electron chi connectivity index (χ4n) is 7.70. The smallest absolute Gasteiger partial charge is 0.326 e. The summed E-state index contributed by atoms with van der Waals surface area (Å²) in [5, 5.41) is 27.4. The summed E-state index contributed by atoms with van der Waals surface area (Å²) in [5.74, 6) is -7.00. The van der Waals surface area contributed by atoms with Gasteiger partial charge in [-0.3, -0.25) is 48.1 Å². The molecule has 0 saturated carbocycles. The van der Waals surface area contributed by atoms with Gasteiger partial charge in [-0.1, -0.05) is 30.3 Å². The SMILES string of the molecule is CSCC[C@H](N)C(=O)N[C@@H](C)C(=O)N1CCC[C@H]1C(=O)N[C@@H](C)C(=O)N[C@@H](CCCN=C(N)N)C(=O)N[C@@H](C)C(=O)NCC(=O)N[C@@H](Cc1ccccc1)C(=O)N[C@@H](CS)C(=O)N1CCC[C@H]1C(=O)O. The van der Waals surface area contributed by atoms with Gasteiger partial charge in [0.15, 0.2) is 5.96 Å². The summed E-state index contributed by atoms with van der Waals surface area (Å²) < 4.78 is 0. The molecule has 26 heteroatoms. The number of carbonyl (C=O) groups is 10. The Balaban J connectivity index is 1.62. The molecule has 3 rings (SSSR count). The molecule has 1 aromatic rings. The molecule has 2 aliphatic heterocycles. The van der Waals surface area contributed by atoms with Crippen LogP contribution in [0.4, 0.5) is 0 Å². The van der Waals surface area contributed by atoms with Crippen LogP contribution >= 0.6 is 24.4 Å². The summed E-state index contributed by atoms with van der Waals surface area (Å²) in [6.07, 6.45) is 4.02. The van der Waals surface area contributed by atoms with Crippen LogP contribution in [0.3, 0.4) is 0 Å². The van der Waals surface area contributed by atoms with Gasteiger partial charge in [0.05, 0.1) is 12.6 Å². The van der Waals surface area contributed by atoms with Gasteiger partial charge in [-0.05, 0) is 83.3 Å². The Labute approximate surface area is 416 Å². The third kappa shape index (κ3) is 18.3. The summed E-state index contributed by atoms with van der Waals surface area (Å²) in [5.41, 5.74) is 17.5. The highest BCUT2D eigenvalue weighted by Gasteiger charge is 2.40. The Hall–Kier alpha value is -6.15. The monoisotopic (exact) mass is 1020 g/mol. The van der Waals surface area contributed by atoms with E-state index in [1.807, 2.05) is 6.26 Å². The second kappa shape index (κ2) is 29.1. The molecule has 2 saturated heterocycles. The first-order valence-electron chi connectivity index (χ1n) is 23.1. The van der Waals surface area contributed by atoms with Crippen LogP contribution in [0.1, 0.15) is 71.3 Å². The number of nitrogens with two attached hydrogens (primary N) is 3. The van der Waals surface area contributed by atoms with Crippen LogP contribution in [0.15, 0.2) is 35.3 Å². The molecule has 14 N–H and O–H groups in total. The van der Waals surface area contributed by atoms with E-state index >= 15 is 0 Å². The third-order valence-corrected chi connectivity index (χ3v) is 12.6. The van der Waals surface area contributed by atoms with Crippen molar-refractivity contribution in [3.8, 4) is 0 Å². The molecule has 0 aliphatic carbocycles. The van der Waals surface area contributed by atoms with Gasteiger partial charge in [0, 0.05) is 31.8 Å². The normalized spacial score (nSPS) is 18.3. The zero-order chi connectivity index (χ0) is 52.1. The molecular formula is C44H69N13O11S2. The maximum absolute atomic E-state index is 13.6. The van der Waals surface area contributed by atoms with Gasteiger partial charge >= 0.3 is 5.97 Å². The second-order valence-electron chi connectivity index (χ2n) is 17.1. The molecule has 388 valence electrons. The lowest BCUT2D eigenvalue weighted by Crippen LogP contribution is -2.58. The van der Waals surface area contributed by atoms with Crippen molar-refractivity contribution in [2.75, 3.05) is 43.9 Å². The highest BCUT2D eigenvalue weighted by molar-refractivity contribution is 7.98. The van der Waals surface area contributed by atoms with Gasteiger partial charge in [-0.15, -0.1) is 0 Å². The second-order valence-corrected chi connectivity index (χ2v) is 18.4. The number of hydrogen-bond acceptors (Lipinski definition) is 14. The molecule has 0 radical (unpaired) electrons. The van der Waals surface area contributed by atoms with Crippen molar-refractivity contribution in [1.29, 1.82) is 0 Å². The average Bonchev–Trinajstić information content (AvgIpc) is 4.03. The summed E-state index contributed by atoms with van der Waals surface area (Å²) >= 11 is 5.75. The Bertz CT molecular complexity index is 2050. The topological polar surface area (TPSA) is 372 Å². The fourth-order valence-corrected chi connectivity index (χ4v) is 8.44.